The normalized spacial score (nSPS) is 15.0. The summed E-state index contributed by atoms with van der Waals surface area (Å²) < 4.78 is 0. The van der Waals surface area contributed by atoms with Gasteiger partial charge in [0, 0.05) is 20.1 Å². The summed E-state index contributed by atoms with van der Waals surface area (Å²) >= 11 is 0. The predicted octanol–water partition coefficient (Wildman–Crippen LogP) is -1.06. The molecule has 1 fully saturated rings. The van der Waals surface area contributed by atoms with Crippen molar-refractivity contribution in [3.05, 3.63) is 0 Å². The fraction of sp³-hybridized carbons (Fsp3) is 0.778. The molecule has 1 aliphatic carbocycles. The number of amides is 2. The summed E-state index contributed by atoms with van der Waals surface area (Å²) in [7, 11) is 3.38. The zero-order valence-corrected chi connectivity index (χ0v) is 8.67. The third kappa shape index (κ3) is 4.23. The van der Waals surface area contributed by atoms with Gasteiger partial charge in [-0.05, 0) is 12.8 Å². The van der Waals surface area contributed by atoms with Crippen molar-refractivity contribution in [1.29, 1.82) is 0 Å². The van der Waals surface area contributed by atoms with Gasteiger partial charge in [0.15, 0.2) is 0 Å². The molecule has 0 atom stereocenters. The van der Waals surface area contributed by atoms with E-state index >= 15 is 0 Å². The van der Waals surface area contributed by atoms with E-state index < -0.39 is 0 Å². The first-order valence-electron chi connectivity index (χ1n) is 4.80. The molecule has 0 radical (unpaired) electrons. The van der Waals surface area contributed by atoms with Gasteiger partial charge < -0.3 is 10.2 Å². The van der Waals surface area contributed by atoms with Crippen molar-refractivity contribution < 1.29 is 9.59 Å². The van der Waals surface area contributed by atoms with Crippen molar-refractivity contribution in [2.24, 2.45) is 0 Å². The van der Waals surface area contributed by atoms with Crippen molar-refractivity contribution in [2.75, 3.05) is 27.2 Å². The van der Waals surface area contributed by atoms with Crippen LogP contribution in [0.5, 0.6) is 0 Å². The summed E-state index contributed by atoms with van der Waals surface area (Å²) in [6.45, 7) is 0.432. The van der Waals surface area contributed by atoms with Crippen molar-refractivity contribution >= 4 is 11.8 Å². The lowest BCUT2D eigenvalue weighted by Crippen LogP contribution is -2.39. The van der Waals surface area contributed by atoms with Crippen molar-refractivity contribution in [1.82, 2.24) is 15.5 Å². The Kier molecular flexibility index (Phi) is 3.88. The van der Waals surface area contributed by atoms with Crippen LogP contribution in [0.15, 0.2) is 0 Å². The molecule has 0 aliphatic heterocycles. The van der Waals surface area contributed by atoms with Crippen LogP contribution in [-0.2, 0) is 9.59 Å². The number of likely N-dealkylation sites (N-methyl/N-ethyl adjacent to an activating group) is 1. The third-order valence-corrected chi connectivity index (χ3v) is 2.00. The summed E-state index contributed by atoms with van der Waals surface area (Å²) in [6, 6.07) is 0.383. The first kappa shape index (κ1) is 11.0. The van der Waals surface area contributed by atoms with Gasteiger partial charge in [0.2, 0.25) is 11.8 Å². The number of nitrogens with zero attached hydrogens (tertiary/aromatic N) is 1. The molecule has 1 saturated carbocycles. The van der Waals surface area contributed by atoms with E-state index in [1.54, 1.807) is 14.1 Å². The molecule has 0 spiro atoms. The minimum Gasteiger partial charge on any atom is -0.352 e. The van der Waals surface area contributed by atoms with Crippen LogP contribution < -0.4 is 10.6 Å². The monoisotopic (exact) mass is 199 g/mol. The summed E-state index contributed by atoms with van der Waals surface area (Å²) in [5, 5.41) is 5.63. The summed E-state index contributed by atoms with van der Waals surface area (Å²) in [4.78, 5) is 23.7. The zero-order chi connectivity index (χ0) is 10.6. The number of hydrogen-bond acceptors (Lipinski definition) is 3. The Morgan fingerprint density at radius 1 is 1.29 bits per heavy atom. The molecule has 80 valence electrons. The maximum absolute atomic E-state index is 11.1. The van der Waals surface area contributed by atoms with E-state index in [0.29, 0.717) is 6.04 Å². The Labute approximate surface area is 83.8 Å². The molecule has 0 aromatic carbocycles. The molecule has 5 heteroatoms. The van der Waals surface area contributed by atoms with Crippen LogP contribution in [0.25, 0.3) is 0 Å². The molecule has 2 N–H and O–H groups in total. The van der Waals surface area contributed by atoms with E-state index in [9.17, 15) is 9.59 Å². The number of nitrogens with one attached hydrogen (secondary N) is 2. The van der Waals surface area contributed by atoms with E-state index in [0.717, 1.165) is 12.8 Å². The van der Waals surface area contributed by atoms with Crippen molar-refractivity contribution in [2.45, 2.75) is 18.9 Å². The summed E-state index contributed by atoms with van der Waals surface area (Å²) in [6.07, 6.45) is 2.17. The minimum atomic E-state index is -0.0287. The first-order valence-corrected chi connectivity index (χ1v) is 4.80. The van der Waals surface area contributed by atoms with E-state index in [-0.39, 0.29) is 24.9 Å². The second kappa shape index (κ2) is 4.95. The fourth-order valence-electron chi connectivity index (χ4n) is 0.947. The van der Waals surface area contributed by atoms with Gasteiger partial charge in [0.25, 0.3) is 0 Å². The average molecular weight is 199 g/mol. The van der Waals surface area contributed by atoms with E-state index in [1.807, 2.05) is 0 Å². The lowest BCUT2D eigenvalue weighted by molar-refractivity contribution is -0.127. The topological polar surface area (TPSA) is 61.4 Å². The first-order chi connectivity index (χ1) is 6.59. The number of hydrogen-bond donors (Lipinski definition) is 2. The number of carbonyl (C=O) groups excluding carboxylic acids is 2. The fourth-order valence-corrected chi connectivity index (χ4v) is 0.947. The Balaban J connectivity index is 2.02. The molecule has 5 nitrogen and oxygen atoms in total. The van der Waals surface area contributed by atoms with Crippen LogP contribution in [-0.4, -0.2) is 49.9 Å². The van der Waals surface area contributed by atoms with Gasteiger partial charge in [0.05, 0.1) is 13.1 Å². The Morgan fingerprint density at radius 3 is 2.43 bits per heavy atom. The number of rotatable bonds is 5. The van der Waals surface area contributed by atoms with Crippen LogP contribution >= 0.6 is 0 Å². The lowest BCUT2D eigenvalue weighted by atomic mass is 10.5. The molecule has 1 rings (SSSR count). The second-order valence-corrected chi connectivity index (χ2v) is 3.73. The second-order valence-electron chi connectivity index (χ2n) is 3.73. The molecule has 0 heterocycles. The van der Waals surface area contributed by atoms with Gasteiger partial charge >= 0.3 is 0 Å². The maximum atomic E-state index is 11.1. The molecule has 0 bridgehead atoms. The molecule has 2 amide bonds. The highest BCUT2D eigenvalue weighted by atomic mass is 16.2. The van der Waals surface area contributed by atoms with Crippen molar-refractivity contribution in [3.8, 4) is 0 Å². The molecule has 0 aromatic heterocycles. The standard InChI is InChI=1S/C9H17N3O2/c1-12(2)9(14)6-10-5-8(13)11-7-3-4-7/h7,10H,3-6H2,1-2H3,(H,11,13). The zero-order valence-electron chi connectivity index (χ0n) is 8.67. The molecule has 0 unspecified atom stereocenters. The van der Waals surface area contributed by atoms with Gasteiger partial charge in [-0.1, -0.05) is 0 Å². The highest BCUT2D eigenvalue weighted by Crippen LogP contribution is 2.17. The summed E-state index contributed by atoms with van der Waals surface area (Å²) in [5.41, 5.74) is 0. The Morgan fingerprint density at radius 2 is 1.93 bits per heavy atom. The van der Waals surface area contributed by atoms with Crippen LogP contribution in [0.3, 0.4) is 0 Å². The van der Waals surface area contributed by atoms with Crippen LogP contribution in [0.4, 0.5) is 0 Å². The van der Waals surface area contributed by atoms with Crippen LogP contribution in [0.1, 0.15) is 12.8 Å². The van der Waals surface area contributed by atoms with Gasteiger partial charge in [-0.2, -0.15) is 0 Å². The SMILES string of the molecule is CN(C)C(=O)CNCC(=O)NC1CC1. The minimum absolute atomic E-state index is 0.0239. The molecule has 14 heavy (non-hydrogen) atoms. The largest absolute Gasteiger partial charge is 0.352 e. The molecule has 0 saturated heterocycles. The van der Waals surface area contributed by atoms with Crippen LogP contribution in [0.2, 0.25) is 0 Å². The summed E-state index contributed by atoms with van der Waals surface area (Å²) in [5.74, 6) is -0.0525. The van der Waals surface area contributed by atoms with Gasteiger partial charge in [-0.15, -0.1) is 0 Å². The van der Waals surface area contributed by atoms with Crippen molar-refractivity contribution in [3.63, 3.8) is 0 Å². The van der Waals surface area contributed by atoms with E-state index in [2.05, 4.69) is 10.6 Å². The molecular weight excluding hydrogens is 182 g/mol. The third-order valence-electron chi connectivity index (χ3n) is 2.00. The molecule has 0 aromatic rings. The quantitative estimate of drug-likeness (QED) is 0.593. The average Bonchev–Trinajstić information content (AvgIpc) is 2.87. The Bertz CT molecular complexity index is 224. The highest BCUT2D eigenvalue weighted by molar-refractivity contribution is 5.81. The predicted molar refractivity (Wildman–Crippen MR) is 52.7 cm³/mol. The molecule has 1 aliphatic rings. The van der Waals surface area contributed by atoms with E-state index in [4.69, 9.17) is 0 Å². The highest BCUT2D eigenvalue weighted by Gasteiger charge is 2.22. The van der Waals surface area contributed by atoms with E-state index in [1.165, 1.54) is 4.90 Å². The van der Waals surface area contributed by atoms with Gasteiger partial charge in [-0.25, -0.2) is 0 Å². The smallest absolute Gasteiger partial charge is 0.236 e. The Hall–Kier alpha value is -1.10. The van der Waals surface area contributed by atoms with Crippen LogP contribution in [0, 0.1) is 0 Å². The van der Waals surface area contributed by atoms with Gasteiger partial charge in [-0.3, -0.25) is 14.9 Å². The molecular formula is C9H17N3O2. The number of carbonyl (C=O) groups is 2. The maximum Gasteiger partial charge on any atom is 0.236 e. The lowest BCUT2D eigenvalue weighted by Gasteiger charge is -2.10. The van der Waals surface area contributed by atoms with Gasteiger partial charge in [0.1, 0.15) is 0 Å².